The third-order valence-corrected chi connectivity index (χ3v) is 3.70. The molecule has 0 saturated carbocycles. The van der Waals surface area contributed by atoms with Crippen LogP contribution in [0.1, 0.15) is 23.8 Å². The van der Waals surface area contributed by atoms with Gasteiger partial charge in [-0.25, -0.2) is 5.84 Å². The van der Waals surface area contributed by atoms with E-state index in [-0.39, 0.29) is 18.3 Å². The summed E-state index contributed by atoms with van der Waals surface area (Å²) in [7, 11) is 0. The second-order valence-corrected chi connectivity index (χ2v) is 4.89. The van der Waals surface area contributed by atoms with Crippen molar-refractivity contribution in [3.05, 3.63) is 11.9 Å². The summed E-state index contributed by atoms with van der Waals surface area (Å²) in [6.45, 7) is 4.73. The van der Waals surface area contributed by atoms with Crippen molar-refractivity contribution >= 4 is 5.91 Å². The Bertz CT molecular complexity index is 435. The lowest BCUT2D eigenvalue weighted by Crippen LogP contribution is -2.37. The topological polar surface area (TPSA) is 109 Å². The van der Waals surface area contributed by atoms with Crippen LogP contribution in [0, 0.1) is 5.92 Å². The van der Waals surface area contributed by atoms with Gasteiger partial charge in [0.1, 0.15) is 0 Å². The van der Waals surface area contributed by atoms with E-state index in [1.54, 1.807) is 10.9 Å². The minimum absolute atomic E-state index is 0.180. The number of aromatic nitrogens is 3. The number of nitrogens with zero attached hydrogens (tertiary/aromatic N) is 4. The van der Waals surface area contributed by atoms with E-state index in [1.165, 1.54) is 0 Å². The van der Waals surface area contributed by atoms with Gasteiger partial charge in [0.2, 0.25) is 0 Å². The molecule has 2 atom stereocenters. The van der Waals surface area contributed by atoms with Crippen molar-refractivity contribution in [3.8, 4) is 0 Å². The fourth-order valence-corrected chi connectivity index (χ4v) is 2.48. The standard InChI is InChI=1S/C11H20N6O2/c1-8-2-3-16(10(8)7-18)4-5-17-6-9(14-15-17)11(19)13-12/h6,8,10,18H,2-5,7,12H2,1H3,(H,13,19). The van der Waals surface area contributed by atoms with Crippen LogP contribution < -0.4 is 11.3 Å². The average Bonchev–Trinajstić information content (AvgIpc) is 3.02. The maximum Gasteiger partial charge on any atom is 0.287 e. The highest BCUT2D eigenvalue weighted by Crippen LogP contribution is 2.22. The molecule has 19 heavy (non-hydrogen) atoms. The van der Waals surface area contributed by atoms with Gasteiger partial charge in [0, 0.05) is 12.6 Å². The summed E-state index contributed by atoms with van der Waals surface area (Å²) in [5.74, 6) is 5.09. The Hall–Kier alpha value is -1.51. The van der Waals surface area contributed by atoms with E-state index in [2.05, 4.69) is 22.1 Å². The molecule has 1 amide bonds. The molecule has 0 spiro atoms. The predicted octanol–water partition coefficient (Wildman–Crippen LogP) is -1.42. The number of rotatable bonds is 5. The van der Waals surface area contributed by atoms with Crippen LogP contribution in [0.2, 0.25) is 0 Å². The number of nitrogens with two attached hydrogens (primary N) is 1. The summed E-state index contributed by atoms with van der Waals surface area (Å²) in [5, 5.41) is 17.0. The zero-order valence-corrected chi connectivity index (χ0v) is 11.0. The molecule has 4 N–H and O–H groups in total. The minimum Gasteiger partial charge on any atom is -0.395 e. The van der Waals surface area contributed by atoms with Gasteiger partial charge in [0.25, 0.3) is 5.91 Å². The molecule has 2 unspecified atom stereocenters. The average molecular weight is 268 g/mol. The molecule has 0 bridgehead atoms. The summed E-state index contributed by atoms with van der Waals surface area (Å²) >= 11 is 0. The Morgan fingerprint density at radius 3 is 3.11 bits per heavy atom. The van der Waals surface area contributed by atoms with Crippen molar-refractivity contribution < 1.29 is 9.90 Å². The van der Waals surface area contributed by atoms with Crippen molar-refractivity contribution in [2.24, 2.45) is 11.8 Å². The summed E-state index contributed by atoms with van der Waals surface area (Å²) < 4.78 is 1.61. The number of carbonyl (C=O) groups is 1. The number of carbonyl (C=O) groups excluding carboxylic acids is 1. The molecule has 0 radical (unpaired) electrons. The number of amides is 1. The number of likely N-dealkylation sites (tertiary alicyclic amines) is 1. The molecule has 1 aromatic rings. The minimum atomic E-state index is -0.450. The summed E-state index contributed by atoms with van der Waals surface area (Å²) in [5.41, 5.74) is 2.22. The lowest BCUT2D eigenvalue weighted by Gasteiger charge is -2.24. The Morgan fingerprint density at radius 1 is 1.63 bits per heavy atom. The van der Waals surface area contributed by atoms with Crippen LogP contribution in [-0.4, -0.2) is 56.6 Å². The van der Waals surface area contributed by atoms with Crippen LogP contribution in [0.4, 0.5) is 0 Å². The van der Waals surface area contributed by atoms with Gasteiger partial charge >= 0.3 is 0 Å². The highest BCUT2D eigenvalue weighted by molar-refractivity contribution is 5.91. The maximum atomic E-state index is 11.2. The largest absolute Gasteiger partial charge is 0.395 e. The highest BCUT2D eigenvalue weighted by atomic mass is 16.3. The fraction of sp³-hybridized carbons (Fsp3) is 0.727. The van der Waals surface area contributed by atoms with Crippen LogP contribution in [0.25, 0.3) is 0 Å². The van der Waals surface area contributed by atoms with Gasteiger partial charge in [-0.2, -0.15) is 0 Å². The molecule has 1 aliphatic rings. The zero-order chi connectivity index (χ0) is 13.8. The van der Waals surface area contributed by atoms with Gasteiger partial charge in [-0.05, 0) is 18.9 Å². The van der Waals surface area contributed by atoms with Crippen LogP contribution in [0.5, 0.6) is 0 Å². The van der Waals surface area contributed by atoms with E-state index >= 15 is 0 Å². The molecule has 2 rings (SSSR count). The maximum absolute atomic E-state index is 11.2. The monoisotopic (exact) mass is 268 g/mol. The number of aliphatic hydroxyl groups is 1. The van der Waals surface area contributed by atoms with Crippen molar-refractivity contribution in [2.45, 2.75) is 25.9 Å². The van der Waals surface area contributed by atoms with Crippen LogP contribution >= 0.6 is 0 Å². The van der Waals surface area contributed by atoms with E-state index in [0.29, 0.717) is 12.5 Å². The van der Waals surface area contributed by atoms with Gasteiger partial charge in [-0.3, -0.25) is 19.8 Å². The Kier molecular flexibility index (Phi) is 4.46. The van der Waals surface area contributed by atoms with Gasteiger partial charge in [0.05, 0.1) is 19.3 Å². The molecule has 2 heterocycles. The van der Waals surface area contributed by atoms with E-state index in [0.717, 1.165) is 19.5 Å². The quantitative estimate of drug-likeness (QED) is 0.344. The molecule has 106 valence electrons. The number of aliphatic hydroxyl groups excluding tert-OH is 1. The number of hydrogen-bond donors (Lipinski definition) is 3. The fourth-order valence-electron chi connectivity index (χ4n) is 2.48. The SMILES string of the molecule is CC1CCN(CCn2cc(C(=O)NN)nn2)C1CO. The normalized spacial score (nSPS) is 23.7. The highest BCUT2D eigenvalue weighted by Gasteiger charge is 2.29. The summed E-state index contributed by atoms with van der Waals surface area (Å²) in [6.07, 6.45) is 2.67. The Balaban J connectivity index is 1.88. The van der Waals surface area contributed by atoms with Gasteiger partial charge < -0.3 is 5.11 Å². The first-order valence-corrected chi connectivity index (χ1v) is 6.41. The van der Waals surface area contributed by atoms with Crippen LogP contribution in [-0.2, 0) is 6.54 Å². The van der Waals surface area contributed by atoms with Crippen molar-refractivity contribution in [1.82, 2.24) is 25.3 Å². The number of nitrogen functional groups attached to an aromatic ring is 1. The van der Waals surface area contributed by atoms with Crippen molar-refractivity contribution in [1.29, 1.82) is 0 Å². The van der Waals surface area contributed by atoms with E-state index < -0.39 is 5.91 Å². The van der Waals surface area contributed by atoms with Gasteiger partial charge in [0.15, 0.2) is 5.69 Å². The molecular formula is C11H20N6O2. The number of nitrogens with one attached hydrogen (secondary N) is 1. The van der Waals surface area contributed by atoms with E-state index in [4.69, 9.17) is 5.84 Å². The van der Waals surface area contributed by atoms with Crippen LogP contribution in [0.3, 0.4) is 0 Å². The van der Waals surface area contributed by atoms with Gasteiger partial charge in [-0.15, -0.1) is 5.10 Å². The molecular weight excluding hydrogens is 248 g/mol. The van der Waals surface area contributed by atoms with E-state index in [9.17, 15) is 9.90 Å². The molecule has 8 nitrogen and oxygen atoms in total. The number of hydrogen-bond acceptors (Lipinski definition) is 6. The first-order chi connectivity index (χ1) is 9.15. The summed E-state index contributed by atoms with van der Waals surface area (Å²) in [4.78, 5) is 13.5. The summed E-state index contributed by atoms with van der Waals surface area (Å²) in [6, 6.07) is 0.218. The van der Waals surface area contributed by atoms with Gasteiger partial charge in [-0.1, -0.05) is 12.1 Å². The molecule has 1 saturated heterocycles. The Labute approximate surface area is 111 Å². The molecule has 1 fully saturated rings. The molecule has 0 aliphatic carbocycles. The lowest BCUT2D eigenvalue weighted by molar-refractivity contribution is 0.0948. The third kappa shape index (κ3) is 3.09. The first kappa shape index (κ1) is 13.9. The molecule has 1 aliphatic heterocycles. The second kappa shape index (κ2) is 6.09. The zero-order valence-electron chi connectivity index (χ0n) is 11.0. The predicted molar refractivity (Wildman–Crippen MR) is 67.9 cm³/mol. The molecule has 0 aromatic carbocycles. The molecule has 8 heteroatoms. The first-order valence-electron chi connectivity index (χ1n) is 6.41. The second-order valence-electron chi connectivity index (χ2n) is 4.89. The lowest BCUT2D eigenvalue weighted by atomic mass is 10.0. The Morgan fingerprint density at radius 2 is 2.42 bits per heavy atom. The van der Waals surface area contributed by atoms with Crippen molar-refractivity contribution in [3.63, 3.8) is 0 Å². The van der Waals surface area contributed by atoms with Crippen molar-refractivity contribution in [2.75, 3.05) is 19.7 Å². The number of hydrazine groups is 1. The van der Waals surface area contributed by atoms with Crippen LogP contribution in [0.15, 0.2) is 6.20 Å². The molecule has 1 aromatic heterocycles. The van der Waals surface area contributed by atoms with E-state index in [1.807, 2.05) is 5.43 Å². The smallest absolute Gasteiger partial charge is 0.287 e. The third-order valence-electron chi connectivity index (χ3n) is 3.70.